The molecule has 1 aromatic heterocycles. The molecular weight excluding hydrogens is 470 g/mol. The van der Waals surface area contributed by atoms with Crippen LogP contribution < -0.4 is 27.4 Å². The van der Waals surface area contributed by atoms with E-state index in [4.69, 9.17) is 16.6 Å². The second-order valence-corrected chi connectivity index (χ2v) is 7.53. The number of carboxylic acids is 2. The topological polar surface area (TPSA) is 280 Å². The number of aromatic amines is 1. The molecule has 0 radical (unpaired) electrons. The average Bonchev–Trinajstić information content (AvgIpc) is 3.30. The molecule has 4 amide bonds. The Hall–Kier alpha value is -4.05. The van der Waals surface area contributed by atoms with Crippen molar-refractivity contribution in [3.63, 3.8) is 0 Å². The molecule has 4 atom stereocenters. The Morgan fingerprint density at radius 1 is 0.914 bits per heavy atom. The van der Waals surface area contributed by atoms with Crippen molar-refractivity contribution >= 4 is 35.6 Å². The van der Waals surface area contributed by atoms with Crippen LogP contribution in [0.2, 0.25) is 0 Å². The smallest absolute Gasteiger partial charge is 0.326 e. The lowest BCUT2D eigenvalue weighted by Gasteiger charge is -2.24. The molecule has 0 aromatic carbocycles. The molecular formula is C19H29N7O9. The summed E-state index contributed by atoms with van der Waals surface area (Å²) in [6, 6.07) is -5.71. The van der Waals surface area contributed by atoms with Gasteiger partial charge in [-0.2, -0.15) is 0 Å². The molecule has 0 spiro atoms. The zero-order valence-corrected chi connectivity index (χ0v) is 18.6. The standard InChI is InChI=1S/C19H29N7O9/c20-10(1-3-14(21)28)16(31)26-13(7-27)18(33)24-11(2-4-15(29)30)17(32)25-12(19(34)35)5-9-6-22-8-23-9/h6,8,10-13,27H,1-5,7,20H2,(H2,21,28)(H,22,23)(H,24,33)(H,25,32)(H,26,31)(H,29,30)(H,34,35). The number of aliphatic hydroxyl groups excluding tert-OH is 1. The predicted molar refractivity (Wildman–Crippen MR) is 116 cm³/mol. The minimum absolute atomic E-state index is 0.114. The van der Waals surface area contributed by atoms with E-state index in [9.17, 15) is 39.0 Å². The van der Waals surface area contributed by atoms with Crippen molar-refractivity contribution in [1.82, 2.24) is 25.9 Å². The number of H-pyrrole nitrogens is 1. The Bertz CT molecular complexity index is 906. The van der Waals surface area contributed by atoms with Crippen molar-refractivity contribution in [2.45, 2.75) is 56.3 Å². The maximum absolute atomic E-state index is 12.7. The number of carboxylic acid groups (broad SMARTS) is 2. The minimum Gasteiger partial charge on any atom is -0.481 e. The highest BCUT2D eigenvalue weighted by Gasteiger charge is 2.30. The van der Waals surface area contributed by atoms with Crippen molar-refractivity contribution in [3.8, 4) is 0 Å². The van der Waals surface area contributed by atoms with Crippen molar-refractivity contribution in [2.24, 2.45) is 11.5 Å². The van der Waals surface area contributed by atoms with Gasteiger partial charge in [-0.05, 0) is 12.8 Å². The summed E-state index contributed by atoms with van der Waals surface area (Å²) < 4.78 is 0. The van der Waals surface area contributed by atoms with Gasteiger partial charge in [-0.25, -0.2) is 9.78 Å². The second kappa shape index (κ2) is 14.3. The first kappa shape index (κ1) is 29.0. The van der Waals surface area contributed by atoms with E-state index in [0.29, 0.717) is 5.69 Å². The van der Waals surface area contributed by atoms with Gasteiger partial charge in [0, 0.05) is 31.2 Å². The molecule has 4 unspecified atom stereocenters. The largest absolute Gasteiger partial charge is 0.481 e. The van der Waals surface area contributed by atoms with Crippen LogP contribution in [-0.4, -0.2) is 91.6 Å². The van der Waals surface area contributed by atoms with E-state index in [1.807, 2.05) is 0 Å². The molecule has 35 heavy (non-hydrogen) atoms. The number of nitrogens with zero attached hydrogens (tertiary/aromatic N) is 1. The van der Waals surface area contributed by atoms with Gasteiger partial charge in [0.25, 0.3) is 0 Å². The first-order valence-electron chi connectivity index (χ1n) is 10.4. The number of aliphatic carboxylic acids is 2. The molecule has 194 valence electrons. The van der Waals surface area contributed by atoms with Crippen LogP contribution in [0, 0.1) is 0 Å². The van der Waals surface area contributed by atoms with Crippen molar-refractivity contribution in [2.75, 3.05) is 6.61 Å². The maximum Gasteiger partial charge on any atom is 0.326 e. The zero-order valence-electron chi connectivity index (χ0n) is 18.6. The van der Waals surface area contributed by atoms with Crippen LogP contribution in [-0.2, 0) is 35.2 Å². The number of amides is 4. The summed E-state index contributed by atoms with van der Waals surface area (Å²) in [4.78, 5) is 77.2. The second-order valence-electron chi connectivity index (χ2n) is 7.53. The molecule has 16 heteroatoms. The SMILES string of the molecule is NC(=O)CCC(N)C(=O)NC(CO)C(=O)NC(CCC(=O)O)C(=O)NC(Cc1cnc[nH]1)C(=O)O. The Morgan fingerprint density at radius 3 is 2.03 bits per heavy atom. The highest BCUT2D eigenvalue weighted by Crippen LogP contribution is 2.04. The quantitative estimate of drug-likeness (QED) is 0.105. The van der Waals surface area contributed by atoms with E-state index in [-0.39, 0.29) is 19.3 Å². The highest BCUT2D eigenvalue weighted by atomic mass is 16.4. The lowest BCUT2D eigenvalue weighted by molar-refractivity contribution is -0.143. The first-order valence-corrected chi connectivity index (χ1v) is 10.4. The summed E-state index contributed by atoms with van der Waals surface area (Å²) in [5, 5.41) is 34.4. The summed E-state index contributed by atoms with van der Waals surface area (Å²) >= 11 is 0. The lowest BCUT2D eigenvalue weighted by Crippen LogP contribution is -2.58. The van der Waals surface area contributed by atoms with E-state index in [0.717, 1.165) is 0 Å². The number of nitrogens with one attached hydrogen (secondary N) is 4. The molecule has 1 rings (SSSR count). The number of rotatable bonds is 16. The third-order valence-corrected chi connectivity index (χ3v) is 4.73. The van der Waals surface area contributed by atoms with Gasteiger partial charge in [0.2, 0.25) is 23.6 Å². The minimum atomic E-state index is -1.57. The first-order chi connectivity index (χ1) is 16.4. The van der Waals surface area contributed by atoms with Gasteiger partial charge in [0.05, 0.1) is 19.0 Å². The summed E-state index contributed by atoms with van der Waals surface area (Å²) in [5.74, 6) is -6.28. The van der Waals surface area contributed by atoms with Crippen LogP contribution in [0.5, 0.6) is 0 Å². The molecule has 0 saturated heterocycles. The number of aliphatic hydroxyl groups is 1. The Morgan fingerprint density at radius 2 is 1.51 bits per heavy atom. The molecule has 0 aliphatic rings. The van der Waals surface area contributed by atoms with Crippen molar-refractivity contribution < 1.29 is 44.1 Å². The molecule has 1 aromatic rings. The molecule has 0 fully saturated rings. The number of imidazole rings is 1. The van der Waals surface area contributed by atoms with E-state index in [2.05, 4.69) is 25.9 Å². The monoisotopic (exact) mass is 499 g/mol. The molecule has 0 aliphatic heterocycles. The number of carbonyl (C=O) groups is 6. The maximum atomic E-state index is 12.7. The van der Waals surface area contributed by atoms with Gasteiger partial charge >= 0.3 is 11.9 Å². The molecule has 11 N–H and O–H groups in total. The van der Waals surface area contributed by atoms with Gasteiger partial charge in [0.1, 0.15) is 18.1 Å². The summed E-state index contributed by atoms with van der Waals surface area (Å²) in [7, 11) is 0. The molecule has 0 saturated carbocycles. The zero-order chi connectivity index (χ0) is 26.5. The number of primary amides is 1. The van der Waals surface area contributed by atoms with Gasteiger partial charge in [-0.15, -0.1) is 0 Å². The van der Waals surface area contributed by atoms with E-state index in [1.165, 1.54) is 12.5 Å². The van der Waals surface area contributed by atoms with Crippen LogP contribution in [0.4, 0.5) is 0 Å². The molecule has 0 aliphatic carbocycles. The van der Waals surface area contributed by atoms with Crippen LogP contribution in [0.3, 0.4) is 0 Å². The summed E-state index contributed by atoms with van der Waals surface area (Å²) in [6.45, 7) is -0.898. The highest BCUT2D eigenvalue weighted by molar-refractivity contribution is 5.94. The van der Waals surface area contributed by atoms with Crippen LogP contribution in [0.25, 0.3) is 0 Å². The predicted octanol–water partition coefficient (Wildman–Crippen LogP) is -4.06. The Labute approximate surface area is 198 Å². The molecule has 16 nitrogen and oxygen atoms in total. The summed E-state index contributed by atoms with van der Waals surface area (Å²) in [5.41, 5.74) is 11.0. The lowest BCUT2D eigenvalue weighted by atomic mass is 10.1. The fourth-order valence-electron chi connectivity index (χ4n) is 2.80. The third kappa shape index (κ3) is 10.6. The Balaban J connectivity index is 2.88. The van der Waals surface area contributed by atoms with E-state index >= 15 is 0 Å². The summed E-state index contributed by atoms with van der Waals surface area (Å²) in [6.07, 6.45) is 1.24. The number of hydrogen-bond donors (Lipinski definition) is 9. The van der Waals surface area contributed by atoms with Crippen LogP contribution >= 0.6 is 0 Å². The van der Waals surface area contributed by atoms with Crippen LogP contribution in [0.1, 0.15) is 31.4 Å². The van der Waals surface area contributed by atoms with Gasteiger partial charge in [0.15, 0.2) is 0 Å². The number of hydrogen-bond acceptors (Lipinski definition) is 9. The fourth-order valence-corrected chi connectivity index (χ4v) is 2.80. The third-order valence-electron chi connectivity index (χ3n) is 4.73. The van der Waals surface area contributed by atoms with Crippen molar-refractivity contribution in [1.29, 1.82) is 0 Å². The van der Waals surface area contributed by atoms with Gasteiger partial charge in [-0.3, -0.25) is 24.0 Å². The van der Waals surface area contributed by atoms with Crippen LogP contribution in [0.15, 0.2) is 12.5 Å². The van der Waals surface area contributed by atoms with E-state index < -0.39 is 79.2 Å². The van der Waals surface area contributed by atoms with E-state index in [1.54, 1.807) is 0 Å². The fraction of sp³-hybridized carbons (Fsp3) is 0.526. The number of carbonyl (C=O) groups excluding carboxylic acids is 4. The molecule has 1 heterocycles. The van der Waals surface area contributed by atoms with Gasteiger partial charge in [-0.1, -0.05) is 0 Å². The van der Waals surface area contributed by atoms with Crippen molar-refractivity contribution in [3.05, 3.63) is 18.2 Å². The Kier molecular flexibility index (Phi) is 11.8. The number of nitrogens with two attached hydrogens (primary N) is 2. The molecule has 0 bridgehead atoms. The average molecular weight is 499 g/mol. The van der Waals surface area contributed by atoms with Gasteiger partial charge < -0.3 is 47.7 Å². The number of aromatic nitrogens is 2. The normalized spacial score (nSPS) is 14.1.